The molecule has 3 aromatic rings. The molecular weight excluding hydrogens is 366 g/mol. The molecule has 1 aliphatic heterocycles. The molecule has 1 aliphatic rings. The van der Waals surface area contributed by atoms with Crippen LogP contribution in [0.2, 0.25) is 0 Å². The highest BCUT2D eigenvalue weighted by molar-refractivity contribution is 5.96. The van der Waals surface area contributed by atoms with Crippen LogP contribution in [0.4, 0.5) is 5.82 Å². The van der Waals surface area contributed by atoms with E-state index >= 15 is 0 Å². The van der Waals surface area contributed by atoms with E-state index in [0.717, 1.165) is 29.7 Å². The predicted octanol–water partition coefficient (Wildman–Crippen LogP) is 3.90. The number of carbonyl (C=O) groups is 1. The number of esters is 1. The highest BCUT2D eigenvalue weighted by Gasteiger charge is 2.29. The molecule has 2 aromatic heterocycles. The van der Waals surface area contributed by atoms with E-state index in [0.29, 0.717) is 23.8 Å². The van der Waals surface area contributed by atoms with Crippen molar-refractivity contribution in [2.75, 3.05) is 25.1 Å². The molecule has 0 bridgehead atoms. The first-order chi connectivity index (χ1) is 14.1. The number of rotatable bonds is 5. The number of hydrogen-bond acceptors (Lipinski definition) is 6. The van der Waals surface area contributed by atoms with Gasteiger partial charge in [-0.25, -0.2) is 14.8 Å². The van der Waals surface area contributed by atoms with Crippen LogP contribution >= 0.6 is 0 Å². The van der Waals surface area contributed by atoms with Gasteiger partial charge >= 0.3 is 5.97 Å². The number of aryl methyl sites for hydroxylation is 1. The Morgan fingerprint density at radius 1 is 1.07 bits per heavy atom. The Bertz CT molecular complexity index is 990. The van der Waals surface area contributed by atoms with Crippen LogP contribution in [0.15, 0.2) is 60.9 Å². The van der Waals surface area contributed by atoms with Gasteiger partial charge in [0.25, 0.3) is 0 Å². The summed E-state index contributed by atoms with van der Waals surface area (Å²) >= 11 is 0. The summed E-state index contributed by atoms with van der Waals surface area (Å²) in [6.45, 7) is 3.38. The normalized spacial score (nSPS) is 15.9. The maximum atomic E-state index is 12.4. The van der Waals surface area contributed by atoms with E-state index in [9.17, 15) is 4.79 Å². The molecule has 29 heavy (non-hydrogen) atoms. The van der Waals surface area contributed by atoms with Crippen molar-refractivity contribution in [1.29, 1.82) is 0 Å². The number of benzene rings is 1. The van der Waals surface area contributed by atoms with Crippen LogP contribution in [-0.2, 0) is 4.74 Å². The van der Waals surface area contributed by atoms with Gasteiger partial charge in [-0.15, -0.1) is 0 Å². The number of nitrogens with zero attached hydrogens (tertiary/aromatic N) is 3. The van der Waals surface area contributed by atoms with E-state index in [4.69, 9.17) is 9.47 Å². The molecule has 0 spiro atoms. The third-order valence-electron chi connectivity index (χ3n) is 5.00. The number of pyridine rings is 2. The molecule has 148 valence electrons. The fraction of sp³-hybridized carbons (Fsp3) is 0.261. The van der Waals surface area contributed by atoms with E-state index in [2.05, 4.69) is 14.9 Å². The van der Waals surface area contributed by atoms with Gasteiger partial charge in [-0.05, 0) is 24.1 Å². The minimum Gasteiger partial charge on any atom is -0.472 e. The maximum absolute atomic E-state index is 12.4. The van der Waals surface area contributed by atoms with Crippen LogP contribution in [0.1, 0.15) is 22.3 Å². The van der Waals surface area contributed by atoms with Crippen LogP contribution in [0.3, 0.4) is 0 Å². The van der Waals surface area contributed by atoms with Gasteiger partial charge in [0, 0.05) is 37.0 Å². The number of hydrogen-bond donors (Lipinski definition) is 0. The minimum absolute atomic E-state index is 0.00805. The molecule has 0 radical (unpaired) electrons. The van der Waals surface area contributed by atoms with Crippen molar-refractivity contribution in [3.63, 3.8) is 0 Å². The number of anilines is 1. The lowest BCUT2D eigenvalue weighted by Crippen LogP contribution is -2.27. The molecule has 1 fully saturated rings. The van der Waals surface area contributed by atoms with Gasteiger partial charge in [-0.1, -0.05) is 36.4 Å². The van der Waals surface area contributed by atoms with Crippen molar-refractivity contribution in [3.8, 4) is 17.0 Å². The van der Waals surface area contributed by atoms with Gasteiger partial charge in [0.2, 0.25) is 5.88 Å². The monoisotopic (exact) mass is 389 g/mol. The van der Waals surface area contributed by atoms with E-state index < -0.39 is 5.97 Å². The zero-order valence-corrected chi connectivity index (χ0v) is 16.5. The molecule has 1 atom stereocenters. The number of carbonyl (C=O) groups excluding carboxylic acids is 1. The van der Waals surface area contributed by atoms with Crippen molar-refractivity contribution in [2.24, 2.45) is 0 Å². The highest BCUT2D eigenvalue weighted by atomic mass is 16.5. The Balaban J connectivity index is 1.56. The fourth-order valence-corrected chi connectivity index (χ4v) is 3.47. The molecule has 1 saturated heterocycles. The van der Waals surface area contributed by atoms with E-state index in [1.54, 1.807) is 12.4 Å². The van der Waals surface area contributed by atoms with Gasteiger partial charge in [0.05, 0.1) is 13.7 Å². The SMILES string of the molecule is COC(=O)c1cc(-c2ccccc2)cnc1N1CC[C@@H](Oc2ccc(C)cn2)C1. The van der Waals surface area contributed by atoms with Crippen molar-refractivity contribution < 1.29 is 14.3 Å². The van der Waals surface area contributed by atoms with Crippen molar-refractivity contribution in [2.45, 2.75) is 19.4 Å². The first kappa shape index (κ1) is 18.9. The Labute approximate surface area is 170 Å². The molecular formula is C23H23N3O3. The molecule has 4 rings (SSSR count). The van der Waals surface area contributed by atoms with E-state index in [1.165, 1.54) is 7.11 Å². The van der Waals surface area contributed by atoms with Crippen LogP contribution < -0.4 is 9.64 Å². The summed E-state index contributed by atoms with van der Waals surface area (Å²) in [7, 11) is 1.39. The number of ether oxygens (including phenoxy) is 2. The van der Waals surface area contributed by atoms with Crippen LogP contribution in [0.25, 0.3) is 11.1 Å². The summed E-state index contributed by atoms with van der Waals surface area (Å²) in [5.74, 6) is 0.845. The number of aromatic nitrogens is 2. The third-order valence-corrected chi connectivity index (χ3v) is 5.00. The topological polar surface area (TPSA) is 64.5 Å². The van der Waals surface area contributed by atoms with Crippen molar-refractivity contribution in [3.05, 3.63) is 72.1 Å². The molecule has 0 unspecified atom stereocenters. The van der Waals surface area contributed by atoms with E-state index in [1.807, 2.05) is 55.5 Å². The molecule has 0 saturated carbocycles. The molecule has 1 aromatic carbocycles. The Kier molecular flexibility index (Phi) is 5.42. The predicted molar refractivity (Wildman–Crippen MR) is 111 cm³/mol. The molecule has 0 amide bonds. The van der Waals surface area contributed by atoms with Crippen LogP contribution in [0.5, 0.6) is 5.88 Å². The standard InChI is InChI=1S/C23H23N3O3/c1-16-8-9-21(24-13-16)29-19-10-11-26(15-19)22-20(23(27)28-2)12-18(14-25-22)17-6-4-3-5-7-17/h3-9,12-14,19H,10-11,15H2,1-2H3/t19-/m1/s1. The van der Waals surface area contributed by atoms with Crippen molar-refractivity contribution >= 4 is 11.8 Å². The Morgan fingerprint density at radius 2 is 1.90 bits per heavy atom. The Hall–Kier alpha value is -3.41. The van der Waals surface area contributed by atoms with Crippen LogP contribution in [0, 0.1) is 6.92 Å². The van der Waals surface area contributed by atoms with Gasteiger partial charge in [0.15, 0.2) is 0 Å². The maximum Gasteiger partial charge on any atom is 0.341 e. The summed E-state index contributed by atoms with van der Waals surface area (Å²) in [6.07, 6.45) is 4.41. The lowest BCUT2D eigenvalue weighted by molar-refractivity contribution is 0.0601. The number of methoxy groups -OCH3 is 1. The second-order valence-electron chi connectivity index (χ2n) is 7.10. The van der Waals surface area contributed by atoms with Gasteiger partial charge in [0.1, 0.15) is 17.5 Å². The van der Waals surface area contributed by atoms with Gasteiger partial charge < -0.3 is 14.4 Å². The average molecular weight is 389 g/mol. The summed E-state index contributed by atoms with van der Waals surface area (Å²) in [4.78, 5) is 23.4. The largest absolute Gasteiger partial charge is 0.472 e. The average Bonchev–Trinajstić information content (AvgIpc) is 3.23. The highest BCUT2D eigenvalue weighted by Crippen LogP contribution is 2.29. The van der Waals surface area contributed by atoms with Crippen LogP contribution in [-0.4, -0.2) is 42.2 Å². The molecule has 0 aliphatic carbocycles. The quantitative estimate of drug-likeness (QED) is 0.617. The zero-order chi connectivity index (χ0) is 20.2. The molecule has 6 nitrogen and oxygen atoms in total. The van der Waals surface area contributed by atoms with Gasteiger partial charge in [-0.3, -0.25) is 0 Å². The lowest BCUT2D eigenvalue weighted by atomic mass is 10.1. The second-order valence-corrected chi connectivity index (χ2v) is 7.10. The lowest BCUT2D eigenvalue weighted by Gasteiger charge is -2.20. The van der Waals surface area contributed by atoms with E-state index in [-0.39, 0.29) is 6.10 Å². The molecule has 0 N–H and O–H groups in total. The van der Waals surface area contributed by atoms with Crippen molar-refractivity contribution in [1.82, 2.24) is 9.97 Å². The summed E-state index contributed by atoms with van der Waals surface area (Å²) in [5.41, 5.74) is 3.44. The zero-order valence-electron chi connectivity index (χ0n) is 16.5. The Morgan fingerprint density at radius 3 is 2.62 bits per heavy atom. The first-order valence-corrected chi connectivity index (χ1v) is 9.62. The van der Waals surface area contributed by atoms with Gasteiger partial charge in [-0.2, -0.15) is 0 Å². The molecule has 6 heteroatoms. The first-order valence-electron chi connectivity index (χ1n) is 9.62. The second kappa shape index (κ2) is 8.31. The smallest absolute Gasteiger partial charge is 0.341 e. The third kappa shape index (κ3) is 4.21. The fourth-order valence-electron chi connectivity index (χ4n) is 3.47. The summed E-state index contributed by atoms with van der Waals surface area (Å²) in [5, 5.41) is 0. The molecule has 3 heterocycles. The summed E-state index contributed by atoms with van der Waals surface area (Å²) in [6, 6.07) is 15.6. The minimum atomic E-state index is -0.394. The summed E-state index contributed by atoms with van der Waals surface area (Å²) < 4.78 is 11.0.